The zero-order valence-electron chi connectivity index (χ0n) is 20.2. The van der Waals surface area contributed by atoms with E-state index in [0.29, 0.717) is 25.1 Å². The molecule has 0 bridgehead atoms. The average molecular weight is 488 g/mol. The standard InChI is InChI=1S/C23H33N7O3S/c1-23(2,3)27-22(31)15-30(34(32,33)8-7-24)19-10-18-9-17(11-25)5-6-21(18)29(13-19)14-20-12-26-16-28(20)4/h5-6,9,12,16,19H,7-8,10,13-15,24H2,1-4H3,(H,27,31). The molecule has 0 saturated heterocycles. The van der Waals surface area contributed by atoms with Gasteiger partial charge in [-0.25, -0.2) is 13.4 Å². The van der Waals surface area contributed by atoms with Gasteiger partial charge in [0, 0.05) is 43.6 Å². The maximum Gasteiger partial charge on any atom is 0.235 e. The van der Waals surface area contributed by atoms with Gasteiger partial charge in [-0.2, -0.15) is 9.57 Å². The van der Waals surface area contributed by atoms with Crippen molar-refractivity contribution < 1.29 is 13.2 Å². The molecule has 0 fully saturated rings. The van der Waals surface area contributed by atoms with E-state index in [-0.39, 0.29) is 24.7 Å². The van der Waals surface area contributed by atoms with Gasteiger partial charge in [-0.3, -0.25) is 4.79 Å². The van der Waals surface area contributed by atoms with Crippen molar-refractivity contribution >= 4 is 21.6 Å². The Bertz CT molecular complexity index is 1180. The first-order valence-electron chi connectivity index (χ1n) is 11.2. The maximum absolute atomic E-state index is 13.2. The fourth-order valence-corrected chi connectivity index (χ4v) is 5.64. The topological polar surface area (TPSA) is 137 Å². The summed E-state index contributed by atoms with van der Waals surface area (Å²) in [6, 6.07) is 7.10. The zero-order chi connectivity index (χ0) is 25.1. The van der Waals surface area contributed by atoms with Gasteiger partial charge in [0.15, 0.2) is 0 Å². The normalized spacial score (nSPS) is 16.3. The number of anilines is 1. The molecule has 3 rings (SSSR count). The second-order valence-electron chi connectivity index (χ2n) is 9.64. The summed E-state index contributed by atoms with van der Waals surface area (Å²) in [5.74, 6) is -0.623. The van der Waals surface area contributed by atoms with Crippen LogP contribution in [0.3, 0.4) is 0 Å². The molecule has 1 unspecified atom stereocenters. The summed E-state index contributed by atoms with van der Waals surface area (Å²) in [4.78, 5) is 19.0. The number of benzene rings is 1. The molecule has 1 aliphatic heterocycles. The molecule has 2 aromatic rings. The highest BCUT2D eigenvalue weighted by Gasteiger charge is 2.37. The van der Waals surface area contributed by atoms with Gasteiger partial charge in [-0.05, 0) is 51.0 Å². The molecule has 11 heteroatoms. The molecule has 184 valence electrons. The van der Waals surface area contributed by atoms with Crippen LogP contribution < -0.4 is 16.0 Å². The van der Waals surface area contributed by atoms with Gasteiger partial charge in [-0.1, -0.05) is 0 Å². The molecule has 1 amide bonds. The number of imidazole rings is 1. The van der Waals surface area contributed by atoms with E-state index in [0.717, 1.165) is 16.9 Å². The molecule has 3 N–H and O–H groups in total. The zero-order valence-corrected chi connectivity index (χ0v) is 21.0. The number of aryl methyl sites for hydroxylation is 1. The van der Waals surface area contributed by atoms with Crippen molar-refractivity contribution in [3.63, 3.8) is 0 Å². The molecule has 2 heterocycles. The van der Waals surface area contributed by atoms with E-state index in [1.807, 2.05) is 38.5 Å². The number of sulfonamides is 1. The van der Waals surface area contributed by atoms with Crippen LogP contribution in [0.1, 0.15) is 37.6 Å². The predicted molar refractivity (Wildman–Crippen MR) is 130 cm³/mol. The first-order valence-corrected chi connectivity index (χ1v) is 12.8. The van der Waals surface area contributed by atoms with Gasteiger partial charge in [0.2, 0.25) is 15.9 Å². The quantitative estimate of drug-likeness (QED) is 0.560. The van der Waals surface area contributed by atoms with Crippen molar-refractivity contribution in [1.29, 1.82) is 5.26 Å². The summed E-state index contributed by atoms with van der Waals surface area (Å²) in [5, 5.41) is 12.3. The smallest absolute Gasteiger partial charge is 0.235 e. The van der Waals surface area contributed by atoms with Gasteiger partial charge in [-0.15, -0.1) is 0 Å². The Morgan fingerprint density at radius 1 is 1.38 bits per heavy atom. The number of carbonyl (C=O) groups excluding carboxylic acids is 1. The van der Waals surface area contributed by atoms with E-state index in [9.17, 15) is 18.5 Å². The monoisotopic (exact) mass is 487 g/mol. The summed E-state index contributed by atoms with van der Waals surface area (Å²) in [6.07, 6.45) is 3.87. The second-order valence-corrected chi connectivity index (χ2v) is 11.7. The molecule has 0 saturated carbocycles. The molecule has 1 aromatic carbocycles. The largest absolute Gasteiger partial charge is 0.364 e. The lowest BCUT2D eigenvalue weighted by Crippen LogP contribution is -2.55. The van der Waals surface area contributed by atoms with Gasteiger partial charge in [0.1, 0.15) is 0 Å². The Morgan fingerprint density at radius 3 is 2.71 bits per heavy atom. The summed E-state index contributed by atoms with van der Waals surface area (Å²) < 4.78 is 29.6. The van der Waals surface area contributed by atoms with Crippen molar-refractivity contribution in [2.24, 2.45) is 12.8 Å². The first-order chi connectivity index (χ1) is 15.9. The van der Waals surface area contributed by atoms with Crippen LogP contribution in [0.25, 0.3) is 0 Å². The summed E-state index contributed by atoms with van der Waals surface area (Å²) in [5.41, 5.74) is 8.36. The number of nitrogens with two attached hydrogens (primary N) is 1. The molecule has 1 aliphatic rings. The van der Waals surface area contributed by atoms with Crippen LogP contribution in [-0.2, 0) is 34.8 Å². The van der Waals surface area contributed by atoms with Crippen LogP contribution in [0.2, 0.25) is 0 Å². The molecular formula is C23H33N7O3S. The molecule has 0 aliphatic carbocycles. The Kier molecular flexibility index (Phi) is 7.65. The SMILES string of the molecule is Cn1cncc1CN1CC(N(CC(=O)NC(C)(C)C)S(=O)(=O)CCN)Cc2cc(C#N)ccc21. The summed E-state index contributed by atoms with van der Waals surface area (Å²) in [6.45, 7) is 6.09. The molecule has 0 spiro atoms. The predicted octanol–water partition coefficient (Wildman–Crippen LogP) is 0.728. The van der Waals surface area contributed by atoms with Crippen LogP contribution in [0.15, 0.2) is 30.7 Å². The summed E-state index contributed by atoms with van der Waals surface area (Å²) in [7, 11) is -1.90. The highest BCUT2D eigenvalue weighted by atomic mass is 32.2. The third-order valence-corrected chi connectivity index (χ3v) is 7.55. The van der Waals surface area contributed by atoms with Crippen LogP contribution in [0, 0.1) is 11.3 Å². The Labute approximate surface area is 201 Å². The molecule has 0 radical (unpaired) electrons. The van der Waals surface area contributed by atoms with Gasteiger partial charge < -0.3 is 20.5 Å². The number of fused-ring (bicyclic) bond motifs is 1. The van der Waals surface area contributed by atoms with E-state index in [2.05, 4.69) is 21.3 Å². The highest BCUT2D eigenvalue weighted by molar-refractivity contribution is 7.89. The first kappa shape index (κ1) is 25.7. The fourth-order valence-electron chi connectivity index (χ4n) is 4.19. The third kappa shape index (κ3) is 6.14. The minimum atomic E-state index is -3.80. The van der Waals surface area contributed by atoms with Gasteiger partial charge in [0.05, 0.1) is 42.5 Å². The van der Waals surface area contributed by atoms with E-state index in [4.69, 9.17) is 5.73 Å². The van der Waals surface area contributed by atoms with Crippen LogP contribution >= 0.6 is 0 Å². The maximum atomic E-state index is 13.2. The average Bonchev–Trinajstić information content (AvgIpc) is 3.14. The Hall–Kier alpha value is -2.94. The minimum Gasteiger partial charge on any atom is -0.364 e. The number of hydrogen-bond donors (Lipinski definition) is 2. The van der Waals surface area contributed by atoms with E-state index >= 15 is 0 Å². The van der Waals surface area contributed by atoms with Gasteiger partial charge >= 0.3 is 0 Å². The number of amides is 1. The van der Waals surface area contributed by atoms with E-state index in [1.54, 1.807) is 24.7 Å². The Balaban J connectivity index is 2.00. The van der Waals surface area contributed by atoms with Crippen LogP contribution in [0.4, 0.5) is 5.69 Å². The van der Waals surface area contributed by atoms with Crippen molar-refractivity contribution in [2.45, 2.75) is 45.3 Å². The Morgan fingerprint density at radius 2 is 2.12 bits per heavy atom. The molecule has 1 aromatic heterocycles. The lowest BCUT2D eigenvalue weighted by atomic mass is 9.95. The lowest BCUT2D eigenvalue weighted by Gasteiger charge is -2.40. The molecule has 34 heavy (non-hydrogen) atoms. The summed E-state index contributed by atoms with van der Waals surface area (Å²) >= 11 is 0. The minimum absolute atomic E-state index is 0.0413. The van der Waals surface area contributed by atoms with E-state index in [1.165, 1.54) is 4.31 Å². The fraction of sp³-hybridized carbons (Fsp3) is 0.522. The number of nitriles is 1. The van der Waals surface area contributed by atoms with Crippen molar-refractivity contribution in [2.75, 3.05) is 30.3 Å². The third-order valence-electron chi connectivity index (χ3n) is 5.66. The number of nitrogens with zero attached hydrogens (tertiary/aromatic N) is 5. The number of rotatable bonds is 8. The lowest BCUT2D eigenvalue weighted by molar-refractivity contribution is -0.123. The van der Waals surface area contributed by atoms with Crippen molar-refractivity contribution in [3.8, 4) is 6.07 Å². The number of nitrogens with one attached hydrogen (secondary N) is 1. The van der Waals surface area contributed by atoms with Gasteiger partial charge in [0.25, 0.3) is 0 Å². The van der Waals surface area contributed by atoms with Crippen molar-refractivity contribution in [1.82, 2.24) is 19.2 Å². The number of hydrogen-bond acceptors (Lipinski definition) is 7. The number of aromatic nitrogens is 2. The van der Waals surface area contributed by atoms with Crippen LogP contribution in [-0.4, -0.2) is 65.1 Å². The highest BCUT2D eigenvalue weighted by Crippen LogP contribution is 2.32. The van der Waals surface area contributed by atoms with Crippen LogP contribution in [0.5, 0.6) is 0 Å². The second kappa shape index (κ2) is 10.1. The number of carbonyl (C=O) groups is 1. The van der Waals surface area contributed by atoms with E-state index < -0.39 is 21.6 Å². The molecule has 10 nitrogen and oxygen atoms in total. The molecule has 1 atom stereocenters. The molecular weight excluding hydrogens is 454 g/mol. The van der Waals surface area contributed by atoms with Crippen molar-refractivity contribution in [3.05, 3.63) is 47.5 Å².